The minimum Gasteiger partial charge on any atom is -0.309 e. The number of para-hydroxylation sites is 1. The first kappa shape index (κ1) is 26.9. The van der Waals surface area contributed by atoms with Crippen LogP contribution in [0.3, 0.4) is 0 Å². The summed E-state index contributed by atoms with van der Waals surface area (Å²) in [7, 11) is 0. The lowest BCUT2D eigenvalue weighted by Crippen LogP contribution is -1.94. The molecule has 2 aromatic heterocycles. The predicted octanol–water partition coefficient (Wildman–Crippen LogP) is 11.4. The molecule has 0 bridgehead atoms. The third-order valence-electron chi connectivity index (χ3n) is 9.30. The Morgan fingerprint density at radius 3 is 1.72 bits per heavy atom. The van der Waals surface area contributed by atoms with Crippen molar-refractivity contribution in [2.45, 2.75) is 0 Å². The Morgan fingerprint density at radius 2 is 1.00 bits per heavy atom. The second-order valence-electron chi connectivity index (χ2n) is 11.9. The SMILES string of the molecule is N#Cc1ccc2c(c1)c1cc(-c3c4ccccc4c(-c4ccncc4)c4cc(-c5ccccc5)ccc34)ccc1n2-c1ccccc1. The van der Waals surface area contributed by atoms with Crippen molar-refractivity contribution in [2.24, 2.45) is 0 Å². The summed E-state index contributed by atoms with van der Waals surface area (Å²) in [5.41, 5.74) is 11.0. The molecule has 2 heterocycles. The van der Waals surface area contributed by atoms with Gasteiger partial charge in [-0.3, -0.25) is 4.98 Å². The van der Waals surface area contributed by atoms with Gasteiger partial charge in [-0.05, 0) is 116 Å². The molecule has 0 aliphatic carbocycles. The van der Waals surface area contributed by atoms with E-state index in [0.717, 1.165) is 38.6 Å². The molecule has 3 nitrogen and oxygen atoms in total. The van der Waals surface area contributed by atoms with E-state index in [-0.39, 0.29) is 0 Å². The van der Waals surface area contributed by atoms with Gasteiger partial charge in [-0.1, -0.05) is 91.0 Å². The minimum absolute atomic E-state index is 0.654. The van der Waals surface area contributed by atoms with Gasteiger partial charge in [0.15, 0.2) is 0 Å². The van der Waals surface area contributed by atoms with E-state index in [1.807, 2.05) is 30.6 Å². The lowest BCUT2D eigenvalue weighted by atomic mass is 9.85. The normalized spacial score (nSPS) is 11.4. The third kappa shape index (κ3) is 4.31. The van der Waals surface area contributed by atoms with Crippen molar-refractivity contribution in [3.8, 4) is 45.1 Å². The third-order valence-corrected chi connectivity index (χ3v) is 9.30. The number of nitriles is 1. The van der Waals surface area contributed by atoms with Crippen molar-refractivity contribution in [1.82, 2.24) is 9.55 Å². The molecule has 0 aliphatic heterocycles. The second kappa shape index (κ2) is 10.8. The molecule has 9 rings (SSSR count). The van der Waals surface area contributed by atoms with Gasteiger partial charge in [0, 0.05) is 28.9 Å². The van der Waals surface area contributed by atoms with E-state index in [2.05, 4.69) is 149 Å². The minimum atomic E-state index is 0.654. The van der Waals surface area contributed by atoms with E-state index in [4.69, 9.17) is 0 Å². The summed E-state index contributed by atoms with van der Waals surface area (Å²) in [6.45, 7) is 0. The van der Waals surface area contributed by atoms with E-state index in [1.165, 1.54) is 43.8 Å². The summed E-state index contributed by atoms with van der Waals surface area (Å²) in [5.74, 6) is 0. The van der Waals surface area contributed by atoms with Crippen molar-refractivity contribution in [1.29, 1.82) is 5.26 Å². The van der Waals surface area contributed by atoms with Gasteiger partial charge in [-0.15, -0.1) is 0 Å². The predicted molar refractivity (Wildman–Crippen MR) is 195 cm³/mol. The van der Waals surface area contributed by atoms with Gasteiger partial charge in [0.25, 0.3) is 0 Å². The highest BCUT2D eigenvalue weighted by atomic mass is 15.0. The maximum Gasteiger partial charge on any atom is 0.0991 e. The highest BCUT2D eigenvalue weighted by molar-refractivity contribution is 6.23. The van der Waals surface area contributed by atoms with Crippen molar-refractivity contribution in [3.63, 3.8) is 0 Å². The zero-order valence-electron chi connectivity index (χ0n) is 25.4. The monoisotopic (exact) mass is 597 g/mol. The zero-order valence-corrected chi connectivity index (χ0v) is 25.4. The highest BCUT2D eigenvalue weighted by Gasteiger charge is 2.19. The average molecular weight is 598 g/mol. The molecule has 0 amide bonds. The number of fused-ring (bicyclic) bond motifs is 5. The van der Waals surface area contributed by atoms with E-state index in [9.17, 15) is 5.26 Å². The fourth-order valence-electron chi connectivity index (χ4n) is 7.23. The summed E-state index contributed by atoms with van der Waals surface area (Å²) < 4.78 is 2.30. The Hall–Kier alpha value is -6.50. The molecular weight excluding hydrogens is 571 g/mol. The lowest BCUT2D eigenvalue weighted by Gasteiger charge is -2.19. The van der Waals surface area contributed by atoms with Crippen LogP contribution < -0.4 is 0 Å². The molecule has 7 aromatic carbocycles. The fraction of sp³-hybridized carbons (Fsp3) is 0. The maximum atomic E-state index is 9.83. The molecule has 0 saturated heterocycles. The van der Waals surface area contributed by atoms with Gasteiger partial charge >= 0.3 is 0 Å². The summed E-state index contributed by atoms with van der Waals surface area (Å²) in [5, 5.41) is 16.8. The van der Waals surface area contributed by atoms with Gasteiger partial charge < -0.3 is 4.57 Å². The molecule has 218 valence electrons. The highest BCUT2D eigenvalue weighted by Crippen LogP contribution is 2.46. The number of aromatic nitrogens is 2. The number of hydrogen-bond acceptors (Lipinski definition) is 2. The Morgan fingerprint density at radius 1 is 0.426 bits per heavy atom. The van der Waals surface area contributed by atoms with Gasteiger partial charge in [0.05, 0.1) is 22.7 Å². The summed E-state index contributed by atoms with van der Waals surface area (Å²) in [4.78, 5) is 4.33. The molecular formula is C44H27N3. The van der Waals surface area contributed by atoms with Crippen LogP contribution >= 0.6 is 0 Å². The Bertz CT molecular complexity index is 2670. The molecule has 0 aliphatic rings. The Kier molecular flexibility index (Phi) is 6.19. The maximum absolute atomic E-state index is 9.83. The van der Waals surface area contributed by atoms with Crippen LogP contribution in [-0.4, -0.2) is 9.55 Å². The van der Waals surface area contributed by atoms with Crippen LogP contribution in [0.2, 0.25) is 0 Å². The van der Waals surface area contributed by atoms with Crippen LogP contribution in [-0.2, 0) is 0 Å². The first-order chi connectivity index (χ1) is 23.3. The summed E-state index contributed by atoms with van der Waals surface area (Å²) in [6.07, 6.45) is 3.74. The Labute approximate surface area is 272 Å². The van der Waals surface area contributed by atoms with Crippen LogP contribution in [0, 0.1) is 11.3 Å². The molecule has 3 heteroatoms. The van der Waals surface area contributed by atoms with Crippen LogP contribution in [0.1, 0.15) is 5.56 Å². The number of benzene rings is 7. The van der Waals surface area contributed by atoms with Gasteiger partial charge in [-0.25, -0.2) is 0 Å². The molecule has 9 aromatic rings. The first-order valence-electron chi connectivity index (χ1n) is 15.8. The van der Waals surface area contributed by atoms with Crippen LogP contribution in [0.5, 0.6) is 0 Å². The second-order valence-corrected chi connectivity index (χ2v) is 11.9. The van der Waals surface area contributed by atoms with E-state index >= 15 is 0 Å². The quantitative estimate of drug-likeness (QED) is 0.189. The molecule has 0 radical (unpaired) electrons. The van der Waals surface area contributed by atoms with Crippen molar-refractivity contribution < 1.29 is 0 Å². The smallest absolute Gasteiger partial charge is 0.0991 e. The Balaban J connectivity index is 1.40. The van der Waals surface area contributed by atoms with Crippen molar-refractivity contribution >= 4 is 43.4 Å². The zero-order chi connectivity index (χ0) is 31.3. The largest absolute Gasteiger partial charge is 0.309 e. The van der Waals surface area contributed by atoms with Crippen LogP contribution in [0.25, 0.3) is 82.4 Å². The van der Waals surface area contributed by atoms with E-state index < -0.39 is 0 Å². The van der Waals surface area contributed by atoms with Crippen molar-refractivity contribution in [3.05, 3.63) is 170 Å². The van der Waals surface area contributed by atoms with Crippen LogP contribution in [0.4, 0.5) is 0 Å². The summed E-state index contributed by atoms with van der Waals surface area (Å²) >= 11 is 0. The molecule has 0 fully saturated rings. The standard InChI is InChI=1S/C44H27N3/c45-28-29-15-19-41-38(25-29)39-27-33(17-20-42(39)47(41)34-11-5-2-6-12-34)44-36-14-8-7-13-35(36)43(31-21-23-46-24-22-31)40-26-32(16-18-37(40)44)30-9-3-1-4-10-30/h1-27H. The molecule has 0 saturated carbocycles. The van der Waals surface area contributed by atoms with E-state index in [0.29, 0.717) is 5.56 Å². The topological polar surface area (TPSA) is 41.6 Å². The van der Waals surface area contributed by atoms with Gasteiger partial charge in [-0.2, -0.15) is 5.26 Å². The average Bonchev–Trinajstić information content (AvgIpc) is 3.47. The number of hydrogen-bond donors (Lipinski definition) is 0. The first-order valence-corrected chi connectivity index (χ1v) is 15.8. The molecule has 0 N–H and O–H groups in total. The van der Waals surface area contributed by atoms with Crippen LogP contribution in [0.15, 0.2) is 164 Å². The molecule has 47 heavy (non-hydrogen) atoms. The van der Waals surface area contributed by atoms with E-state index in [1.54, 1.807) is 0 Å². The molecule has 0 unspecified atom stereocenters. The molecule has 0 atom stereocenters. The number of nitrogens with zero attached hydrogens (tertiary/aromatic N) is 3. The van der Waals surface area contributed by atoms with Gasteiger partial charge in [0.1, 0.15) is 0 Å². The summed E-state index contributed by atoms with van der Waals surface area (Å²) in [6, 6.07) is 56.0. The molecule has 0 spiro atoms. The number of rotatable bonds is 4. The number of pyridine rings is 1. The lowest BCUT2D eigenvalue weighted by molar-refractivity contribution is 1.18. The van der Waals surface area contributed by atoms with Gasteiger partial charge in [0.2, 0.25) is 0 Å². The van der Waals surface area contributed by atoms with Crippen molar-refractivity contribution in [2.75, 3.05) is 0 Å². The fourth-order valence-corrected chi connectivity index (χ4v) is 7.23.